The van der Waals surface area contributed by atoms with E-state index in [1.54, 1.807) is 31.3 Å². The Morgan fingerprint density at radius 2 is 1.95 bits per heavy atom. The van der Waals surface area contributed by atoms with Crippen molar-refractivity contribution in [2.45, 2.75) is 25.3 Å². The zero-order valence-electron chi connectivity index (χ0n) is 11.7. The fourth-order valence-electron chi connectivity index (χ4n) is 1.85. The highest BCUT2D eigenvalue weighted by molar-refractivity contribution is 9.10. The summed E-state index contributed by atoms with van der Waals surface area (Å²) >= 11 is 3.33. The molecule has 1 aromatic carbocycles. The molecule has 0 saturated heterocycles. The minimum Gasteiger partial charge on any atom is -0.326 e. The van der Waals surface area contributed by atoms with Crippen molar-refractivity contribution >= 4 is 31.8 Å². The lowest BCUT2D eigenvalue weighted by molar-refractivity contribution is 0.600. The van der Waals surface area contributed by atoms with E-state index in [9.17, 15) is 8.42 Å². The second-order valence-corrected chi connectivity index (χ2v) is 7.23. The molecule has 21 heavy (non-hydrogen) atoms. The first-order valence-corrected chi connectivity index (χ1v) is 8.55. The average Bonchev–Trinajstić information content (AvgIpc) is 2.43. The molecule has 0 atom stereocenters. The van der Waals surface area contributed by atoms with Crippen molar-refractivity contribution in [2.75, 3.05) is 4.72 Å². The smallest absolute Gasteiger partial charge is 0.263 e. The third-order valence-corrected chi connectivity index (χ3v) is 5.39. The summed E-state index contributed by atoms with van der Waals surface area (Å²) in [6.07, 6.45) is 1.57. The Morgan fingerprint density at radius 3 is 2.57 bits per heavy atom. The van der Waals surface area contributed by atoms with Crippen molar-refractivity contribution in [3.8, 4) is 0 Å². The van der Waals surface area contributed by atoms with Gasteiger partial charge in [0.05, 0.1) is 4.90 Å². The molecule has 3 N–H and O–H groups in total. The Hall–Kier alpha value is -1.44. The van der Waals surface area contributed by atoms with Gasteiger partial charge in [0, 0.05) is 17.2 Å². The van der Waals surface area contributed by atoms with Gasteiger partial charge in [-0.25, -0.2) is 13.4 Å². The van der Waals surface area contributed by atoms with Crippen molar-refractivity contribution in [3.05, 3.63) is 51.6 Å². The molecule has 0 aliphatic carbocycles. The molecule has 0 saturated carbocycles. The maximum atomic E-state index is 12.5. The highest BCUT2D eigenvalue weighted by Crippen LogP contribution is 2.22. The number of rotatable bonds is 4. The molecule has 0 amide bonds. The van der Waals surface area contributed by atoms with Crippen molar-refractivity contribution in [1.29, 1.82) is 0 Å². The molecule has 0 bridgehead atoms. The van der Waals surface area contributed by atoms with E-state index in [0.717, 1.165) is 15.6 Å². The molecule has 112 valence electrons. The number of nitrogens with one attached hydrogen (secondary N) is 1. The number of aromatic nitrogens is 1. The molecular formula is C14H16BrN3O2S. The van der Waals surface area contributed by atoms with E-state index in [-0.39, 0.29) is 10.7 Å². The normalized spacial score (nSPS) is 11.4. The maximum Gasteiger partial charge on any atom is 0.263 e. The van der Waals surface area contributed by atoms with E-state index < -0.39 is 10.0 Å². The molecule has 0 unspecified atom stereocenters. The average molecular weight is 370 g/mol. The first-order chi connectivity index (χ1) is 9.83. The number of sulfonamides is 1. The summed E-state index contributed by atoms with van der Waals surface area (Å²) in [6.45, 7) is 3.90. The van der Waals surface area contributed by atoms with Gasteiger partial charge in [0.1, 0.15) is 5.82 Å². The third kappa shape index (κ3) is 3.61. The summed E-state index contributed by atoms with van der Waals surface area (Å²) in [5.74, 6) is 0.285. The maximum absolute atomic E-state index is 12.5. The Kier molecular flexibility index (Phi) is 4.65. The number of nitrogens with two attached hydrogens (primary N) is 1. The van der Waals surface area contributed by atoms with Gasteiger partial charge < -0.3 is 5.73 Å². The van der Waals surface area contributed by atoms with Gasteiger partial charge in [-0.1, -0.05) is 12.1 Å². The number of benzene rings is 1. The van der Waals surface area contributed by atoms with Crippen LogP contribution in [0.5, 0.6) is 0 Å². The minimum atomic E-state index is -3.69. The van der Waals surface area contributed by atoms with Crippen molar-refractivity contribution in [1.82, 2.24) is 4.98 Å². The van der Waals surface area contributed by atoms with Crippen LogP contribution in [0, 0.1) is 13.8 Å². The lowest BCUT2D eigenvalue weighted by atomic mass is 10.1. The summed E-state index contributed by atoms with van der Waals surface area (Å²) in [4.78, 5) is 4.28. The SMILES string of the molecule is Cc1cc(NS(=O)(=O)c2cc(CN)ccc2C)ncc1Br. The summed E-state index contributed by atoms with van der Waals surface area (Å²) in [5.41, 5.74) is 7.89. The summed E-state index contributed by atoms with van der Waals surface area (Å²) in [6, 6.07) is 6.82. The number of anilines is 1. The highest BCUT2D eigenvalue weighted by atomic mass is 79.9. The Morgan fingerprint density at radius 1 is 1.24 bits per heavy atom. The number of hydrogen-bond acceptors (Lipinski definition) is 4. The van der Waals surface area contributed by atoms with Crippen LogP contribution in [0.4, 0.5) is 5.82 Å². The number of nitrogens with zero attached hydrogens (tertiary/aromatic N) is 1. The molecular weight excluding hydrogens is 354 g/mol. The Labute approximate surface area is 132 Å². The number of pyridine rings is 1. The minimum absolute atomic E-state index is 0.216. The van der Waals surface area contributed by atoms with Crippen molar-refractivity contribution in [3.63, 3.8) is 0 Å². The lowest BCUT2D eigenvalue weighted by Crippen LogP contribution is -2.16. The molecule has 1 heterocycles. The predicted molar refractivity (Wildman–Crippen MR) is 86.6 cm³/mol. The van der Waals surface area contributed by atoms with Crippen molar-refractivity contribution < 1.29 is 8.42 Å². The molecule has 0 spiro atoms. The second-order valence-electron chi connectivity index (χ2n) is 4.73. The van der Waals surface area contributed by atoms with Crippen LogP contribution in [-0.2, 0) is 16.6 Å². The number of aryl methyl sites for hydroxylation is 2. The molecule has 7 heteroatoms. The van der Waals surface area contributed by atoms with Crippen molar-refractivity contribution in [2.24, 2.45) is 5.73 Å². The molecule has 5 nitrogen and oxygen atoms in total. The van der Waals surface area contributed by atoms with Gasteiger partial charge in [-0.3, -0.25) is 4.72 Å². The fraction of sp³-hybridized carbons (Fsp3) is 0.214. The second kappa shape index (κ2) is 6.13. The van der Waals surface area contributed by atoms with E-state index in [2.05, 4.69) is 25.6 Å². The van der Waals surface area contributed by atoms with Crippen LogP contribution < -0.4 is 10.5 Å². The molecule has 0 fully saturated rings. The molecule has 1 aromatic heterocycles. The number of hydrogen-bond donors (Lipinski definition) is 2. The van der Waals surface area contributed by atoms with Crippen LogP contribution in [0.2, 0.25) is 0 Å². The van der Waals surface area contributed by atoms with E-state index in [0.29, 0.717) is 12.1 Å². The predicted octanol–water partition coefficient (Wildman–Crippen LogP) is 2.72. The van der Waals surface area contributed by atoms with Gasteiger partial charge in [0.15, 0.2) is 0 Å². The van der Waals surface area contributed by atoms with Gasteiger partial charge in [0.2, 0.25) is 0 Å². The Balaban J connectivity index is 2.40. The molecule has 0 aliphatic rings. The molecule has 2 aromatic rings. The van der Waals surface area contributed by atoms with E-state index >= 15 is 0 Å². The first kappa shape index (κ1) is 15.9. The van der Waals surface area contributed by atoms with Gasteiger partial charge in [-0.05, 0) is 58.6 Å². The monoisotopic (exact) mass is 369 g/mol. The lowest BCUT2D eigenvalue weighted by Gasteiger charge is -2.11. The quantitative estimate of drug-likeness (QED) is 0.867. The first-order valence-electron chi connectivity index (χ1n) is 6.28. The largest absolute Gasteiger partial charge is 0.326 e. The Bertz CT molecular complexity index is 776. The zero-order chi connectivity index (χ0) is 15.6. The van der Waals surface area contributed by atoms with Crippen LogP contribution >= 0.6 is 15.9 Å². The summed E-state index contributed by atoms with van der Waals surface area (Å²) < 4.78 is 28.3. The van der Waals surface area contributed by atoms with E-state index in [1.807, 2.05) is 13.0 Å². The van der Waals surface area contributed by atoms with Gasteiger partial charge in [0.25, 0.3) is 10.0 Å². The zero-order valence-corrected chi connectivity index (χ0v) is 14.1. The fourth-order valence-corrected chi connectivity index (χ4v) is 3.36. The van der Waals surface area contributed by atoms with E-state index in [4.69, 9.17) is 5.73 Å². The molecule has 2 rings (SSSR count). The number of halogens is 1. The van der Waals surface area contributed by atoms with Gasteiger partial charge in [-0.2, -0.15) is 0 Å². The highest BCUT2D eigenvalue weighted by Gasteiger charge is 2.18. The molecule has 0 aliphatic heterocycles. The summed E-state index contributed by atoms with van der Waals surface area (Å²) in [7, 11) is -3.69. The van der Waals surface area contributed by atoms with Crippen LogP contribution in [-0.4, -0.2) is 13.4 Å². The van der Waals surface area contributed by atoms with Gasteiger partial charge >= 0.3 is 0 Å². The van der Waals surface area contributed by atoms with Crippen LogP contribution in [0.25, 0.3) is 0 Å². The third-order valence-electron chi connectivity index (χ3n) is 3.06. The summed E-state index contributed by atoms with van der Waals surface area (Å²) in [5, 5.41) is 0. The molecule has 0 radical (unpaired) electrons. The van der Waals surface area contributed by atoms with Crippen LogP contribution in [0.3, 0.4) is 0 Å². The van der Waals surface area contributed by atoms with Gasteiger partial charge in [-0.15, -0.1) is 0 Å². The van der Waals surface area contributed by atoms with E-state index in [1.165, 1.54) is 0 Å². The standard InChI is InChI=1S/C14H16BrN3O2S/c1-9-3-4-11(7-16)6-13(9)21(19,20)18-14-5-10(2)12(15)8-17-14/h3-6,8H,7,16H2,1-2H3,(H,17,18). The van der Waals surface area contributed by atoms with Crippen LogP contribution in [0.1, 0.15) is 16.7 Å². The van der Waals surface area contributed by atoms with Crippen LogP contribution in [0.15, 0.2) is 39.8 Å². The topological polar surface area (TPSA) is 85.1 Å².